The first-order valence-electron chi connectivity index (χ1n) is 14.5. The summed E-state index contributed by atoms with van der Waals surface area (Å²) in [7, 11) is -23.9. The standard InChI is InChI=1S/C30H32N2O14S5.4Na/c33-47(34,25-15-11-23(12-16-25)31-29(50(41,42)43)19-27(48(35,36)37)21-7-3-1-4-8-21)26-17-13-24(14-18-26)32-30(51(44,45)46)20-28(49(38,39)40)22-9-5-2-6-10-22;;;;/h1-18,27-32H,19-20H2,(H,35,36,37)(H,38,39,40)(H,41,42,43)(H,44,45,46);;;;. The average Bonchev–Trinajstić information content (AvgIpc) is 3.04. The quantitative estimate of drug-likeness (QED) is 0.0695. The fraction of sp³-hybridized carbons (Fsp3) is 0.200. The monoisotopic (exact) mass is 896 g/mol. The predicted molar refractivity (Wildman–Crippen MR) is 210 cm³/mol. The van der Waals surface area contributed by atoms with Crippen molar-refractivity contribution in [1.29, 1.82) is 0 Å². The van der Waals surface area contributed by atoms with Gasteiger partial charge in [0, 0.05) is 142 Å². The molecule has 0 bridgehead atoms. The Labute approximate surface area is 409 Å². The Morgan fingerprint density at radius 2 is 0.673 bits per heavy atom. The minimum atomic E-state index is -4.96. The number of anilines is 2. The molecular weight excluding hydrogens is 865 g/mol. The largest absolute Gasteiger partial charge is 0.367 e. The van der Waals surface area contributed by atoms with Gasteiger partial charge in [-0.3, -0.25) is 18.2 Å². The van der Waals surface area contributed by atoms with E-state index in [0.29, 0.717) is 0 Å². The van der Waals surface area contributed by atoms with Crippen LogP contribution >= 0.6 is 0 Å². The molecule has 0 aliphatic carbocycles. The van der Waals surface area contributed by atoms with Gasteiger partial charge in [-0.2, -0.15) is 33.7 Å². The van der Waals surface area contributed by atoms with E-state index in [2.05, 4.69) is 10.6 Å². The average molecular weight is 897 g/mol. The summed E-state index contributed by atoms with van der Waals surface area (Å²) in [4.78, 5) is -0.570. The number of hydrogen-bond donors (Lipinski definition) is 6. The first-order chi connectivity index (χ1) is 23.6. The van der Waals surface area contributed by atoms with Gasteiger partial charge in [0.2, 0.25) is 9.84 Å². The molecule has 4 radical (unpaired) electrons. The molecule has 0 spiro atoms. The van der Waals surface area contributed by atoms with Crippen LogP contribution in [0.15, 0.2) is 119 Å². The summed E-state index contributed by atoms with van der Waals surface area (Å²) in [5.74, 6) is 0. The zero-order valence-electron chi connectivity index (χ0n) is 30.0. The molecule has 55 heavy (non-hydrogen) atoms. The minimum absolute atomic E-state index is 0. The molecule has 16 nitrogen and oxygen atoms in total. The Morgan fingerprint density at radius 3 is 0.909 bits per heavy atom. The van der Waals surface area contributed by atoms with E-state index in [9.17, 15) is 60.3 Å². The van der Waals surface area contributed by atoms with E-state index in [4.69, 9.17) is 0 Å². The molecule has 4 aromatic rings. The Bertz CT molecular complexity index is 2230. The third-order valence-corrected chi connectivity index (χ3v) is 13.8. The van der Waals surface area contributed by atoms with Gasteiger partial charge in [-0.1, -0.05) is 60.7 Å². The summed E-state index contributed by atoms with van der Waals surface area (Å²) >= 11 is 0. The summed E-state index contributed by atoms with van der Waals surface area (Å²) in [6.45, 7) is 0. The van der Waals surface area contributed by atoms with Gasteiger partial charge in [0.15, 0.2) is 10.7 Å². The summed E-state index contributed by atoms with van der Waals surface area (Å²) < 4.78 is 163. The Morgan fingerprint density at radius 1 is 0.400 bits per heavy atom. The maximum atomic E-state index is 13.3. The van der Waals surface area contributed by atoms with Crippen LogP contribution in [-0.4, -0.2) is 189 Å². The van der Waals surface area contributed by atoms with E-state index in [1.807, 2.05) is 0 Å². The fourth-order valence-corrected chi connectivity index (χ4v) is 9.88. The van der Waals surface area contributed by atoms with E-state index in [1.54, 1.807) is 12.1 Å². The van der Waals surface area contributed by atoms with Crippen molar-refractivity contribution in [1.82, 2.24) is 0 Å². The SMILES string of the molecule is O=S(=O)(c1ccc(NC(CC(c2ccccc2)S(=O)(=O)O)S(=O)(=O)O)cc1)c1ccc(NC(CC(c2ccccc2)S(=O)(=O)O)S(=O)(=O)O)cc1.[Na].[Na].[Na].[Na]. The van der Waals surface area contributed by atoms with Crippen LogP contribution in [0.3, 0.4) is 0 Å². The Balaban J connectivity index is 0.00000729. The minimum Gasteiger partial charge on any atom is -0.367 e. The smallest absolute Gasteiger partial charge is 0.286 e. The van der Waals surface area contributed by atoms with Crippen molar-refractivity contribution in [2.45, 2.75) is 43.9 Å². The van der Waals surface area contributed by atoms with Gasteiger partial charge in [-0.15, -0.1) is 0 Å². The molecule has 0 saturated carbocycles. The van der Waals surface area contributed by atoms with Crippen LogP contribution in [-0.2, 0) is 50.3 Å². The van der Waals surface area contributed by atoms with Gasteiger partial charge in [0.05, 0.1) is 9.79 Å². The predicted octanol–water partition coefficient (Wildman–Crippen LogP) is 2.29. The van der Waals surface area contributed by atoms with Gasteiger partial charge in [0.25, 0.3) is 40.5 Å². The van der Waals surface area contributed by atoms with Crippen LogP contribution in [0, 0.1) is 0 Å². The molecule has 0 amide bonds. The van der Waals surface area contributed by atoms with Crippen LogP contribution in [0.5, 0.6) is 0 Å². The fourth-order valence-electron chi connectivity index (χ4n) is 5.06. The molecule has 4 atom stereocenters. The van der Waals surface area contributed by atoms with E-state index in [0.717, 1.165) is 48.5 Å². The van der Waals surface area contributed by atoms with Crippen molar-refractivity contribution in [2.75, 3.05) is 10.6 Å². The molecule has 25 heteroatoms. The molecule has 280 valence electrons. The second-order valence-corrected chi connectivity index (χ2v) is 19.5. The molecule has 0 aliphatic rings. The first kappa shape index (κ1) is 55.1. The molecule has 4 rings (SSSR count). The normalized spacial score (nSPS) is 14.2. The molecule has 4 aromatic carbocycles. The molecule has 0 heterocycles. The molecule has 0 fully saturated rings. The van der Waals surface area contributed by atoms with Crippen molar-refractivity contribution in [3.8, 4) is 0 Å². The topological polar surface area (TPSA) is 276 Å². The third-order valence-electron chi connectivity index (χ3n) is 7.62. The molecule has 0 aliphatic heterocycles. The summed E-state index contributed by atoms with van der Waals surface area (Å²) in [6.07, 6.45) is -1.63. The van der Waals surface area contributed by atoms with E-state index >= 15 is 0 Å². The van der Waals surface area contributed by atoms with E-state index in [1.165, 1.54) is 48.5 Å². The van der Waals surface area contributed by atoms with E-state index in [-0.39, 0.29) is 151 Å². The van der Waals surface area contributed by atoms with Crippen molar-refractivity contribution in [3.63, 3.8) is 0 Å². The molecule has 6 N–H and O–H groups in total. The Kier molecular flexibility index (Phi) is 22.6. The maximum absolute atomic E-state index is 13.3. The Hall–Kier alpha value is 0.0700. The van der Waals surface area contributed by atoms with Crippen molar-refractivity contribution in [3.05, 3.63) is 120 Å². The van der Waals surface area contributed by atoms with Crippen LogP contribution in [0.25, 0.3) is 0 Å². The molecule has 4 unspecified atom stereocenters. The number of hydrogen-bond acceptors (Lipinski definition) is 12. The third kappa shape index (κ3) is 15.9. The van der Waals surface area contributed by atoms with Crippen LogP contribution in [0.4, 0.5) is 11.4 Å². The maximum Gasteiger partial charge on any atom is 0.286 e. The van der Waals surface area contributed by atoms with Gasteiger partial charge in [0.1, 0.15) is 10.5 Å². The van der Waals surface area contributed by atoms with E-state index < -0.39 is 84.4 Å². The van der Waals surface area contributed by atoms with Crippen molar-refractivity contribution >= 4 is 180 Å². The zero-order chi connectivity index (χ0) is 37.8. The summed E-state index contributed by atoms with van der Waals surface area (Å²) in [6, 6.07) is 23.4. The number of sulfone groups is 1. The van der Waals surface area contributed by atoms with Crippen LogP contribution in [0.2, 0.25) is 0 Å². The van der Waals surface area contributed by atoms with Crippen LogP contribution in [0.1, 0.15) is 34.5 Å². The van der Waals surface area contributed by atoms with Gasteiger partial charge in [-0.05, 0) is 59.7 Å². The summed E-state index contributed by atoms with van der Waals surface area (Å²) in [5, 5.41) is -2.49. The number of rotatable bonds is 16. The summed E-state index contributed by atoms with van der Waals surface area (Å²) in [5.41, 5.74) is 0.0450. The van der Waals surface area contributed by atoms with Crippen molar-refractivity contribution in [2.24, 2.45) is 0 Å². The van der Waals surface area contributed by atoms with Crippen molar-refractivity contribution < 1.29 is 60.3 Å². The second kappa shape index (κ2) is 22.6. The van der Waals surface area contributed by atoms with Gasteiger partial charge < -0.3 is 10.6 Å². The zero-order valence-corrected chi connectivity index (χ0v) is 42.1. The molecular formula is C30H32N2Na4O14S5. The molecule has 0 saturated heterocycles. The van der Waals surface area contributed by atoms with Gasteiger partial charge >= 0.3 is 0 Å². The number of nitrogens with one attached hydrogen (secondary N) is 2. The first-order valence-corrected chi connectivity index (χ1v) is 22.0. The number of benzene rings is 4. The second-order valence-electron chi connectivity index (χ2n) is 11.1. The van der Waals surface area contributed by atoms with Gasteiger partial charge in [-0.25, -0.2) is 8.42 Å². The van der Waals surface area contributed by atoms with Crippen LogP contribution < -0.4 is 10.6 Å². The molecule has 0 aromatic heterocycles.